The number of aryl methyl sites for hydroxylation is 3. The number of pyridine rings is 1. The van der Waals surface area contributed by atoms with E-state index in [1.54, 1.807) is 30.5 Å². The van der Waals surface area contributed by atoms with Gasteiger partial charge in [-0.2, -0.15) is 0 Å². The third-order valence-corrected chi connectivity index (χ3v) is 8.19. The molecule has 0 aliphatic heterocycles. The van der Waals surface area contributed by atoms with Gasteiger partial charge >= 0.3 is 0 Å². The Kier molecular flexibility index (Phi) is 8.36. The lowest BCUT2D eigenvalue weighted by molar-refractivity contribution is -0.112. The van der Waals surface area contributed by atoms with Crippen LogP contribution in [0.5, 0.6) is 5.75 Å². The number of amides is 1. The summed E-state index contributed by atoms with van der Waals surface area (Å²) < 4.78 is 6.08. The molecule has 0 radical (unpaired) electrons. The maximum atomic E-state index is 13.7. The predicted molar refractivity (Wildman–Crippen MR) is 166 cm³/mol. The fraction of sp³-hybridized carbons (Fsp3) is 0.229. The van der Waals surface area contributed by atoms with Crippen LogP contribution in [0.15, 0.2) is 78.5 Å². The van der Waals surface area contributed by atoms with E-state index in [0.717, 1.165) is 67.4 Å². The maximum Gasteiger partial charge on any atom is 0.252 e. The van der Waals surface area contributed by atoms with E-state index in [4.69, 9.17) is 16.3 Å². The minimum absolute atomic E-state index is 0.0107. The van der Waals surface area contributed by atoms with E-state index in [-0.39, 0.29) is 11.7 Å². The molecule has 41 heavy (non-hydrogen) atoms. The summed E-state index contributed by atoms with van der Waals surface area (Å²) in [7, 11) is 0. The van der Waals surface area contributed by atoms with Crippen LogP contribution < -0.4 is 10.1 Å². The molecule has 0 saturated heterocycles. The van der Waals surface area contributed by atoms with E-state index < -0.39 is 0 Å². The van der Waals surface area contributed by atoms with E-state index in [2.05, 4.69) is 34.6 Å². The molecule has 1 N–H and O–H groups in total. The molecule has 6 heteroatoms. The predicted octanol–water partition coefficient (Wildman–Crippen LogP) is 8.34. The van der Waals surface area contributed by atoms with E-state index >= 15 is 0 Å². The summed E-state index contributed by atoms with van der Waals surface area (Å²) >= 11 is 6.32. The van der Waals surface area contributed by atoms with Crippen molar-refractivity contribution in [3.63, 3.8) is 0 Å². The van der Waals surface area contributed by atoms with Gasteiger partial charge in [-0.3, -0.25) is 14.6 Å². The van der Waals surface area contributed by atoms with Gasteiger partial charge in [0.2, 0.25) is 0 Å². The number of Topliss-reactive ketones (excluding diaryl/α,β-unsaturated/α-hetero) is 1. The van der Waals surface area contributed by atoms with Crippen LogP contribution in [-0.4, -0.2) is 23.3 Å². The van der Waals surface area contributed by atoms with Gasteiger partial charge in [-0.25, -0.2) is 0 Å². The second kappa shape index (κ2) is 12.1. The number of nitrogens with zero attached hydrogens (tertiary/aromatic N) is 1. The van der Waals surface area contributed by atoms with Gasteiger partial charge in [0.05, 0.1) is 6.61 Å². The summed E-state index contributed by atoms with van der Waals surface area (Å²) in [6.07, 6.45) is 3.77. The van der Waals surface area contributed by atoms with Crippen molar-refractivity contribution in [2.75, 3.05) is 11.9 Å². The van der Waals surface area contributed by atoms with Crippen molar-refractivity contribution in [1.29, 1.82) is 0 Å². The van der Waals surface area contributed by atoms with E-state index in [1.165, 1.54) is 6.92 Å². The van der Waals surface area contributed by atoms with Gasteiger partial charge < -0.3 is 10.1 Å². The Balaban J connectivity index is 1.41. The van der Waals surface area contributed by atoms with Gasteiger partial charge in [0.25, 0.3) is 5.91 Å². The molecular weight excluding hydrogens is 532 g/mol. The molecule has 1 aliphatic rings. The number of rotatable bonds is 9. The van der Waals surface area contributed by atoms with Crippen molar-refractivity contribution < 1.29 is 14.3 Å². The molecular formula is C35H33ClN2O3. The lowest BCUT2D eigenvalue weighted by Crippen LogP contribution is -2.15. The van der Waals surface area contributed by atoms with Gasteiger partial charge in [-0.1, -0.05) is 35.9 Å². The van der Waals surface area contributed by atoms with Gasteiger partial charge in [-0.15, -0.1) is 0 Å². The fourth-order valence-corrected chi connectivity index (χ4v) is 5.56. The van der Waals surface area contributed by atoms with Gasteiger partial charge in [0.1, 0.15) is 5.75 Å². The Labute approximate surface area is 246 Å². The molecule has 1 amide bonds. The number of hydrogen-bond acceptors (Lipinski definition) is 4. The number of allylic oxidation sites excluding steroid dienone is 1. The quantitative estimate of drug-likeness (QED) is 0.164. The molecule has 1 heterocycles. The second-order valence-electron chi connectivity index (χ2n) is 10.5. The molecule has 1 aromatic heterocycles. The molecule has 4 aromatic rings. The third kappa shape index (κ3) is 6.10. The van der Waals surface area contributed by atoms with Crippen LogP contribution in [0.3, 0.4) is 0 Å². The average molecular weight is 565 g/mol. The maximum absolute atomic E-state index is 13.7. The van der Waals surface area contributed by atoms with E-state index in [1.807, 2.05) is 39.0 Å². The highest BCUT2D eigenvalue weighted by molar-refractivity contribution is 6.32. The summed E-state index contributed by atoms with van der Waals surface area (Å²) in [5.41, 5.74) is 10.4. The van der Waals surface area contributed by atoms with Crippen LogP contribution in [0.1, 0.15) is 58.1 Å². The van der Waals surface area contributed by atoms with Gasteiger partial charge in [-0.05, 0) is 116 Å². The lowest BCUT2D eigenvalue weighted by atomic mass is 9.93. The number of carbonyl (C=O) groups is 2. The van der Waals surface area contributed by atoms with Crippen molar-refractivity contribution in [3.05, 3.63) is 117 Å². The Bertz CT molecular complexity index is 1650. The fourth-order valence-electron chi connectivity index (χ4n) is 5.45. The zero-order valence-corrected chi connectivity index (χ0v) is 24.6. The summed E-state index contributed by atoms with van der Waals surface area (Å²) in [5, 5.41) is 3.82. The summed E-state index contributed by atoms with van der Waals surface area (Å²) in [5.74, 6) is 0.653. The second-order valence-corrected chi connectivity index (χ2v) is 10.9. The molecule has 0 atom stereocenters. The smallest absolute Gasteiger partial charge is 0.252 e. The molecule has 1 aliphatic carbocycles. The summed E-state index contributed by atoms with van der Waals surface area (Å²) in [6.45, 7) is 8.00. The van der Waals surface area contributed by atoms with E-state index in [9.17, 15) is 9.59 Å². The molecule has 208 valence electrons. The molecule has 0 unspecified atom stereocenters. The SMILES string of the molecule is CC(=O)c1ccc(NC(=O)C2=C(CCCOc3cc(C)c(Cl)c(C)c3)c3cccc(-c4cccnc4C)c3C2)cc1. The molecule has 5 rings (SSSR count). The lowest BCUT2D eigenvalue weighted by Gasteiger charge is -2.13. The minimum Gasteiger partial charge on any atom is -0.494 e. The normalized spacial score (nSPS) is 12.3. The Morgan fingerprint density at radius 1 is 0.927 bits per heavy atom. The highest BCUT2D eigenvalue weighted by Gasteiger charge is 2.28. The zero-order valence-electron chi connectivity index (χ0n) is 23.8. The van der Waals surface area contributed by atoms with Crippen molar-refractivity contribution in [1.82, 2.24) is 4.98 Å². The molecule has 0 spiro atoms. The number of fused-ring (bicyclic) bond motifs is 1. The molecule has 0 saturated carbocycles. The van der Waals surface area contributed by atoms with Crippen LogP contribution in [-0.2, 0) is 11.2 Å². The van der Waals surface area contributed by atoms with Crippen LogP contribution in [0, 0.1) is 20.8 Å². The number of ether oxygens (including phenoxy) is 1. The molecule has 0 fully saturated rings. The summed E-state index contributed by atoms with van der Waals surface area (Å²) in [6, 6.07) is 21.2. The number of hydrogen-bond donors (Lipinski definition) is 1. The zero-order chi connectivity index (χ0) is 29.1. The highest BCUT2D eigenvalue weighted by Crippen LogP contribution is 2.41. The van der Waals surface area contributed by atoms with Crippen LogP contribution in [0.25, 0.3) is 16.7 Å². The monoisotopic (exact) mass is 564 g/mol. The van der Waals surface area contributed by atoms with Crippen LogP contribution >= 0.6 is 11.6 Å². The first-order valence-electron chi connectivity index (χ1n) is 13.8. The van der Waals surface area contributed by atoms with Gasteiger partial charge in [0.15, 0.2) is 5.78 Å². The number of nitrogens with one attached hydrogen (secondary N) is 1. The van der Waals surface area contributed by atoms with E-state index in [0.29, 0.717) is 30.7 Å². The largest absolute Gasteiger partial charge is 0.494 e. The number of carbonyl (C=O) groups excluding carboxylic acids is 2. The van der Waals surface area contributed by atoms with Crippen LogP contribution in [0.4, 0.5) is 5.69 Å². The highest BCUT2D eigenvalue weighted by atomic mass is 35.5. The standard InChI is InChI=1S/C35H33ClN2O3/c1-21-18-27(19-22(2)34(21)36)41-17-7-11-31-30-9-5-8-29(28-10-6-16-37-23(28)3)32(30)20-33(31)35(40)38-26-14-12-25(13-15-26)24(4)39/h5-6,8-10,12-16,18-19H,7,11,17,20H2,1-4H3,(H,38,40). The van der Waals surface area contributed by atoms with Crippen molar-refractivity contribution in [2.24, 2.45) is 0 Å². The number of halogens is 1. The van der Waals surface area contributed by atoms with Crippen molar-refractivity contribution in [3.8, 4) is 16.9 Å². The van der Waals surface area contributed by atoms with Gasteiger partial charge in [0, 0.05) is 45.7 Å². The first kappa shape index (κ1) is 28.3. The average Bonchev–Trinajstić information content (AvgIpc) is 3.33. The number of ketones is 1. The number of anilines is 1. The first-order chi connectivity index (χ1) is 19.7. The van der Waals surface area contributed by atoms with Crippen LogP contribution in [0.2, 0.25) is 5.02 Å². The summed E-state index contributed by atoms with van der Waals surface area (Å²) in [4.78, 5) is 29.9. The number of benzene rings is 3. The Morgan fingerprint density at radius 3 is 2.29 bits per heavy atom. The molecule has 0 bridgehead atoms. The minimum atomic E-state index is -0.134. The number of aromatic nitrogens is 1. The Hall–Kier alpha value is -4.22. The Morgan fingerprint density at radius 2 is 1.61 bits per heavy atom. The van der Waals surface area contributed by atoms with Crippen molar-refractivity contribution >= 4 is 34.6 Å². The molecule has 5 nitrogen and oxygen atoms in total. The molecule has 3 aromatic carbocycles. The topological polar surface area (TPSA) is 68.3 Å². The van der Waals surface area contributed by atoms with Crippen molar-refractivity contribution in [2.45, 2.75) is 47.0 Å². The third-order valence-electron chi connectivity index (χ3n) is 7.59. The first-order valence-corrected chi connectivity index (χ1v) is 14.2.